The van der Waals surface area contributed by atoms with E-state index in [0.29, 0.717) is 28.6 Å². The monoisotopic (exact) mass is 372 g/mol. The second-order valence-corrected chi connectivity index (χ2v) is 6.58. The van der Waals surface area contributed by atoms with Crippen molar-refractivity contribution in [3.63, 3.8) is 0 Å². The lowest BCUT2D eigenvalue weighted by Gasteiger charge is -2.09. The van der Waals surface area contributed by atoms with E-state index in [-0.39, 0.29) is 11.7 Å². The number of hydrogen-bond acceptors (Lipinski definition) is 5. The Hall–Kier alpha value is -2.93. The third-order valence-corrected chi connectivity index (χ3v) is 4.60. The molecule has 0 atom stereocenters. The Kier molecular flexibility index (Phi) is 5.48. The van der Waals surface area contributed by atoms with E-state index in [0.717, 1.165) is 10.4 Å². The lowest BCUT2D eigenvalue weighted by Crippen LogP contribution is -2.11. The molecule has 0 aliphatic heterocycles. The summed E-state index contributed by atoms with van der Waals surface area (Å²) in [5, 5.41) is 3.25. The van der Waals surface area contributed by atoms with Gasteiger partial charge in [-0.2, -0.15) is 0 Å². The minimum atomic E-state index is -0.294. The van der Waals surface area contributed by atoms with Gasteiger partial charge in [-0.1, -0.05) is 12.1 Å². The predicted octanol–water partition coefficient (Wildman–Crippen LogP) is 4.14. The Labute approximate surface area is 154 Å². The van der Waals surface area contributed by atoms with E-state index in [9.17, 15) is 9.18 Å². The van der Waals surface area contributed by atoms with Gasteiger partial charge in [-0.3, -0.25) is 10.1 Å². The van der Waals surface area contributed by atoms with E-state index in [4.69, 9.17) is 9.47 Å². The van der Waals surface area contributed by atoms with Crippen LogP contribution in [0.25, 0.3) is 0 Å². The summed E-state index contributed by atoms with van der Waals surface area (Å²) >= 11 is 1.35. The molecule has 3 aromatic rings. The molecule has 0 bridgehead atoms. The molecule has 1 aromatic heterocycles. The number of halogens is 1. The first-order chi connectivity index (χ1) is 12.6. The molecule has 7 heteroatoms. The highest BCUT2D eigenvalue weighted by Crippen LogP contribution is 2.28. The average molecular weight is 372 g/mol. The number of nitrogens with one attached hydrogen (secondary N) is 1. The van der Waals surface area contributed by atoms with Crippen molar-refractivity contribution >= 4 is 22.4 Å². The second-order valence-electron chi connectivity index (χ2n) is 5.46. The molecule has 1 N–H and O–H groups in total. The fourth-order valence-electron chi connectivity index (χ4n) is 2.44. The molecule has 0 aliphatic carbocycles. The molecule has 0 fully saturated rings. The molecule has 5 nitrogen and oxygen atoms in total. The van der Waals surface area contributed by atoms with E-state index in [1.54, 1.807) is 30.5 Å². The topological polar surface area (TPSA) is 60.5 Å². The van der Waals surface area contributed by atoms with Gasteiger partial charge in [0, 0.05) is 23.1 Å². The first kappa shape index (κ1) is 17.9. The summed E-state index contributed by atoms with van der Waals surface area (Å²) in [7, 11) is 3.05. The zero-order valence-electron chi connectivity index (χ0n) is 14.3. The first-order valence-electron chi connectivity index (χ1n) is 7.81. The van der Waals surface area contributed by atoms with Gasteiger partial charge in [-0.25, -0.2) is 9.37 Å². The number of benzene rings is 2. The average Bonchev–Trinajstić information content (AvgIpc) is 3.07. The summed E-state index contributed by atoms with van der Waals surface area (Å²) in [6, 6.07) is 11.3. The number of aromatic nitrogens is 1. The number of thiazole rings is 1. The number of ether oxygens (including phenoxy) is 2. The molecule has 1 amide bonds. The third kappa shape index (κ3) is 4.18. The van der Waals surface area contributed by atoms with Gasteiger partial charge in [0.2, 0.25) is 0 Å². The maximum absolute atomic E-state index is 13.3. The summed E-state index contributed by atoms with van der Waals surface area (Å²) in [6.07, 6.45) is 2.24. The molecule has 134 valence electrons. The van der Waals surface area contributed by atoms with E-state index >= 15 is 0 Å². The van der Waals surface area contributed by atoms with Crippen LogP contribution >= 0.6 is 11.3 Å². The predicted molar refractivity (Wildman–Crippen MR) is 98.8 cm³/mol. The van der Waals surface area contributed by atoms with E-state index in [1.807, 2.05) is 6.07 Å². The molecular formula is C19H17FN2O3S. The van der Waals surface area contributed by atoms with Crippen LogP contribution < -0.4 is 14.8 Å². The van der Waals surface area contributed by atoms with Gasteiger partial charge >= 0.3 is 0 Å². The van der Waals surface area contributed by atoms with Crippen molar-refractivity contribution in [2.24, 2.45) is 0 Å². The van der Waals surface area contributed by atoms with Crippen LogP contribution in [0.2, 0.25) is 0 Å². The molecule has 2 aromatic carbocycles. The molecule has 26 heavy (non-hydrogen) atoms. The van der Waals surface area contributed by atoms with Crippen LogP contribution in [0.4, 0.5) is 9.52 Å². The number of hydrogen-bond donors (Lipinski definition) is 1. The van der Waals surface area contributed by atoms with Gasteiger partial charge in [0.05, 0.1) is 14.2 Å². The second kappa shape index (κ2) is 7.97. The molecule has 0 saturated heterocycles. The Morgan fingerprint density at radius 3 is 2.69 bits per heavy atom. The standard InChI is InChI=1S/C19H17FN2O3S/c1-24-16-7-6-13(10-17(16)25-2)18(23)22-19-21-11-15(26-19)9-12-4-3-5-14(20)8-12/h3-8,10-11H,9H2,1-2H3,(H,21,22,23). The van der Waals surface area contributed by atoms with Crippen molar-refractivity contribution in [3.8, 4) is 11.5 Å². The first-order valence-corrected chi connectivity index (χ1v) is 8.63. The molecule has 0 aliphatic rings. The highest BCUT2D eigenvalue weighted by molar-refractivity contribution is 7.15. The van der Waals surface area contributed by atoms with Crippen molar-refractivity contribution in [3.05, 3.63) is 70.5 Å². The molecule has 0 unspecified atom stereocenters. The van der Waals surface area contributed by atoms with Crippen LogP contribution in [0.1, 0.15) is 20.8 Å². The number of methoxy groups -OCH3 is 2. The van der Waals surface area contributed by atoms with E-state index in [2.05, 4.69) is 10.3 Å². The highest BCUT2D eigenvalue weighted by Gasteiger charge is 2.13. The maximum atomic E-state index is 13.3. The lowest BCUT2D eigenvalue weighted by atomic mass is 10.1. The number of anilines is 1. The number of carbonyl (C=O) groups excluding carboxylic acids is 1. The van der Waals surface area contributed by atoms with Gasteiger partial charge < -0.3 is 9.47 Å². The number of rotatable bonds is 6. The van der Waals surface area contributed by atoms with Gasteiger partial charge in [0.15, 0.2) is 16.6 Å². The SMILES string of the molecule is COc1ccc(C(=O)Nc2ncc(Cc3cccc(F)c3)s2)cc1OC. The smallest absolute Gasteiger partial charge is 0.257 e. The van der Waals surface area contributed by atoms with Crippen LogP contribution in [0, 0.1) is 5.82 Å². The van der Waals surface area contributed by atoms with E-state index in [1.165, 1.54) is 37.7 Å². The van der Waals surface area contributed by atoms with Crippen molar-refractivity contribution in [2.75, 3.05) is 19.5 Å². The zero-order valence-corrected chi connectivity index (χ0v) is 15.1. The van der Waals surface area contributed by atoms with Crippen molar-refractivity contribution in [1.29, 1.82) is 0 Å². The van der Waals surface area contributed by atoms with Crippen LogP contribution in [0.15, 0.2) is 48.7 Å². The Morgan fingerprint density at radius 2 is 1.96 bits per heavy atom. The summed E-state index contributed by atoms with van der Waals surface area (Å²) < 4.78 is 23.6. The zero-order chi connectivity index (χ0) is 18.5. The Bertz CT molecular complexity index is 927. The minimum Gasteiger partial charge on any atom is -0.493 e. The summed E-state index contributed by atoms with van der Waals surface area (Å²) in [6.45, 7) is 0. The number of carbonyl (C=O) groups is 1. The normalized spacial score (nSPS) is 10.4. The highest BCUT2D eigenvalue weighted by atomic mass is 32.1. The van der Waals surface area contributed by atoms with Gasteiger partial charge in [0.1, 0.15) is 5.82 Å². The van der Waals surface area contributed by atoms with Gasteiger partial charge in [-0.05, 0) is 35.9 Å². The minimum absolute atomic E-state index is 0.269. The van der Waals surface area contributed by atoms with Crippen LogP contribution in [0.3, 0.4) is 0 Å². The van der Waals surface area contributed by atoms with Crippen molar-refractivity contribution in [1.82, 2.24) is 4.98 Å². The van der Waals surface area contributed by atoms with Crippen LogP contribution in [0.5, 0.6) is 11.5 Å². The Balaban J connectivity index is 1.69. The van der Waals surface area contributed by atoms with Crippen molar-refractivity contribution < 1.29 is 18.7 Å². The fourth-order valence-corrected chi connectivity index (χ4v) is 3.28. The summed E-state index contributed by atoms with van der Waals surface area (Å²) in [4.78, 5) is 17.5. The molecule has 0 saturated carbocycles. The van der Waals surface area contributed by atoms with Crippen LogP contribution in [-0.4, -0.2) is 25.1 Å². The molecule has 3 rings (SSSR count). The Morgan fingerprint density at radius 1 is 1.15 bits per heavy atom. The third-order valence-electron chi connectivity index (χ3n) is 3.69. The van der Waals surface area contributed by atoms with E-state index < -0.39 is 0 Å². The van der Waals surface area contributed by atoms with Crippen molar-refractivity contribution in [2.45, 2.75) is 6.42 Å². The number of nitrogens with zero attached hydrogens (tertiary/aromatic N) is 1. The quantitative estimate of drug-likeness (QED) is 0.706. The maximum Gasteiger partial charge on any atom is 0.257 e. The fraction of sp³-hybridized carbons (Fsp3) is 0.158. The lowest BCUT2D eigenvalue weighted by molar-refractivity contribution is 0.102. The van der Waals surface area contributed by atoms with Gasteiger partial charge in [0.25, 0.3) is 5.91 Å². The molecule has 1 heterocycles. The van der Waals surface area contributed by atoms with Crippen LogP contribution in [-0.2, 0) is 6.42 Å². The molecule has 0 radical (unpaired) electrons. The molecule has 0 spiro atoms. The van der Waals surface area contributed by atoms with Gasteiger partial charge in [-0.15, -0.1) is 11.3 Å². The summed E-state index contributed by atoms with van der Waals surface area (Å²) in [5.74, 6) is 0.466. The largest absolute Gasteiger partial charge is 0.493 e. The number of amides is 1. The summed E-state index contributed by atoms with van der Waals surface area (Å²) in [5.41, 5.74) is 1.29. The molecular weight excluding hydrogens is 355 g/mol.